The fraction of sp³-hybridized carbons (Fsp3) is 0.450. The van der Waals surface area contributed by atoms with Gasteiger partial charge in [0.05, 0.1) is 6.54 Å². The molecule has 5 heteroatoms. The van der Waals surface area contributed by atoms with Gasteiger partial charge in [-0.15, -0.1) is 0 Å². The molecule has 0 atom stereocenters. The molecule has 130 valence electrons. The van der Waals surface area contributed by atoms with E-state index in [0.717, 1.165) is 43.9 Å². The summed E-state index contributed by atoms with van der Waals surface area (Å²) in [5.74, 6) is 1.15. The van der Waals surface area contributed by atoms with E-state index in [1.807, 2.05) is 4.90 Å². The molecule has 0 spiro atoms. The van der Waals surface area contributed by atoms with E-state index in [1.165, 1.54) is 22.3 Å². The molecule has 2 aromatic rings. The third-order valence-electron chi connectivity index (χ3n) is 5.13. The second-order valence-electron chi connectivity index (χ2n) is 7.21. The molecule has 5 nitrogen and oxygen atoms in total. The van der Waals surface area contributed by atoms with E-state index < -0.39 is 0 Å². The van der Waals surface area contributed by atoms with Crippen molar-refractivity contribution in [3.8, 4) is 0 Å². The van der Waals surface area contributed by atoms with Crippen LogP contribution in [0.4, 0.5) is 5.82 Å². The molecule has 2 aliphatic rings. The van der Waals surface area contributed by atoms with Gasteiger partial charge >= 0.3 is 0 Å². The van der Waals surface area contributed by atoms with Crippen molar-refractivity contribution in [3.05, 3.63) is 52.5 Å². The number of rotatable bonds is 3. The van der Waals surface area contributed by atoms with Crippen LogP contribution in [0.5, 0.6) is 0 Å². The average molecular weight is 336 g/mol. The molecular formula is C20H24N4O. The minimum absolute atomic E-state index is 0.177. The Balaban J connectivity index is 1.48. The molecule has 0 bridgehead atoms. The number of fused-ring (bicyclic) bond motifs is 1. The SMILES string of the molecule is Cc1cc(C)cc(CN2CCN(c3ncnc4c3CCC4)CC2=O)c1. The van der Waals surface area contributed by atoms with Crippen LogP contribution in [0.2, 0.25) is 0 Å². The standard InChI is InChI=1S/C20H24N4O/c1-14-8-15(2)10-16(9-14)11-23-6-7-24(12-19(23)25)20-17-4-3-5-18(17)21-13-22-20/h8-10,13H,3-7,11-12H2,1-2H3. The minimum atomic E-state index is 0.177. The third-order valence-corrected chi connectivity index (χ3v) is 5.13. The summed E-state index contributed by atoms with van der Waals surface area (Å²) in [6.07, 6.45) is 4.85. The second kappa shape index (κ2) is 6.47. The van der Waals surface area contributed by atoms with Crippen LogP contribution < -0.4 is 4.90 Å². The van der Waals surface area contributed by atoms with Crippen molar-refractivity contribution in [2.75, 3.05) is 24.5 Å². The zero-order valence-corrected chi connectivity index (χ0v) is 15.0. The lowest BCUT2D eigenvalue weighted by molar-refractivity contribution is -0.131. The number of carbonyl (C=O) groups is 1. The molecule has 4 rings (SSSR count). The summed E-state index contributed by atoms with van der Waals surface area (Å²) in [6.45, 7) is 6.88. The van der Waals surface area contributed by atoms with Gasteiger partial charge in [-0.3, -0.25) is 4.79 Å². The molecule has 1 saturated heterocycles. The highest BCUT2D eigenvalue weighted by Crippen LogP contribution is 2.28. The second-order valence-corrected chi connectivity index (χ2v) is 7.21. The third kappa shape index (κ3) is 3.23. The van der Waals surface area contributed by atoms with Gasteiger partial charge in [0.15, 0.2) is 0 Å². The number of benzene rings is 1. The highest BCUT2D eigenvalue weighted by atomic mass is 16.2. The van der Waals surface area contributed by atoms with Crippen molar-refractivity contribution >= 4 is 11.7 Å². The van der Waals surface area contributed by atoms with Crippen LogP contribution in [-0.4, -0.2) is 40.4 Å². The van der Waals surface area contributed by atoms with Crippen LogP contribution in [0.1, 0.15) is 34.4 Å². The Morgan fingerprint density at radius 1 is 1.04 bits per heavy atom. The van der Waals surface area contributed by atoms with Crippen LogP contribution in [0.3, 0.4) is 0 Å². The van der Waals surface area contributed by atoms with Crippen molar-refractivity contribution in [2.45, 2.75) is 39.7 Å². The van der Waals surface area contributed by atoms with Crippen molar-refractivity contribution < 1.29 is 4.79 Å². The van der Waals surface area contributed by atoms with E-state index in [-0.39, 0.29) is 5.91 Å². The fourth-order valence-corrected chi connectivity index (χ4v) is 4.05. The van der Waals surface area contributed by atoms with Gasteiger partial charge in [0, 0.05) is 30.9 Å². The summed E-state index contributed by atoms with van der Waals surface area (Å²) in [4.78, 5) is 25.7. The first-order chi connectivity index (χ1) is 12.1. The van der Waals surface area contributed by atoms with Crippen molar-refractivity contribution in [1.29, 1.82) is 0 Å². The highest BCUT2D eigenvalue weighted by Gasteiger charge is 2.28. The Hall–Kier alpha value is -2.43. The molecule has 1 amide bonds. The number of hydrogen-bond acceptors (Lipinski definition) is 4. The van der Waals surface area contributed by atoms with Crippen LogP contribution in [-0.2, 0) is 24.2 Å². The maximum Gasteiger partial charge on any atom is 0.242 e. The maximum atomic E-state index is 12.7. The van der Waals surface area contributed by atoms with Gasteiger partial charge in [-0.05, 0) is 38.7 Å². The van der Waals surface area contributed by atoms with E-state index in [4.69, 9.17) is 0 Å². The highest BCUT2D eigenvalue weighted by molar-refractivity contribution is 5.82. The Morgan fingerprint density at radius 3 is 2.60 bits per heavy atom. The predicted octanol–water partition coefficient (Wildman–Crippen LogP) is 2.43. The van der Waals surface area contributed by atoms with Gasteiger partial charge in [-0.25, -0.2) is 9.97 Å². The number of hydrogen-bond donors (Lipinski definition) is 0. The quantitative estimate of drug-likeness (QED) is 0.864. The molecule has 1 aliphatic carbocycles. The number of aryl methyl sites for hydroxylation is 3. The first-order valence-corrected chi connectivity index (χ1v) is 9.03. The molecular weight excluding hydrogens is 312 g/mol. The lowest BCUT2D eigenvalue weighted by Gasteiger charge is -2.35. The molecule has 0 unspecified atom stereocenters. The summed E-state index contributed by atoms with van der Waals surface area (Å²) in [5, 5.41) is 0. The van der Waals surface area contributed by atoms with Crippen LogP contribution in [0.25, 0.3) is 0 Å². The Kier molecular flexibility index (Phi) is 4.15. The molecule has 0 radical (unpaired) electrons. The fourth-order valence-electron chi connectivity index (χ4n) is 4.05. The molecule has 25 heavy (non-hydrogen) atoms. The van der Waals surface area contributed by atoms with Crippen LogP contribution >= 0.6 is 0 Å². The Labute approximate surface area is 148 Å². The summed E-state index contributed by atoms with van der Waals surface area (Å²) in [7, 11) is 0. The van der Waals surface area contributed by atoms with Crippen molar-refractivity contribution in [3.63, 3.8) is 0 Å². The molecule has 0 saturated carbocycles. The number of nitrogens with zero attached hydrogens (tertiary/aromatic N) is 4. The van der Waals surface area contributed by atoms with E-state index in [2.05, 4.69) is 46.9 Å². The lowest BCUT2D eigenvalue weighted by Crippen LogP contribution is -2.50. The van der Waals surface area contributed by atoms with E-state index in [9.17, 15) is 4.79 Å². The summed E-state index contributed by atoms with van der Waals surface area (Å²) in [5.41, 5.74) is 6.12. The zero-order chi connectivity index (χ0) is 17.4. The van der Waals surface area contributed by atoms with Crippen molar-refractivity contribution in [2.24, 2.45) is 0 Å². The van der Waals surface area contributed by atoms with Gasteiger partial charge in [-0.2, -0.15) is 0 Å². The molecule has 1 aliphatic heterocycles. The van der Waals surface area contributed by atoms with Gasteiger partial charge in [-0.1, -0.05) is 29.3 Å². The molecule has 0 N–H and O–H groups in total. The Bertz CT molecular complexity index is 797. The largest absolute Gasteiger partial charge is 0.345 e. The number of anilines is 1. The summed E-state index contributed by atoms with van der Waals surface area (Å²) in [6, 6.07) is 6.51. The number of amides is 1. The lowest BCUT2D eigenvalue weighted by atomic mass is 10.1. The monoisotopic (exact) mass is 336 g/mol. The first kappa shape index (κ1) is 16.1. The van der Waals surface area contributed by atoms with E-state index in [0.29, 0.717) is 13.1 Å². The molecule has 1 fully saturated rings. The predicted molar refractivity (Wildman–Crippen MR) is 97.6 cm³/mol. The van der Waals surface area contributed by atoms with Crippen LogP contribution in [0, 0.1) is 13.8 Å². The molecule has 1 aromatic heterocycles. The maximum absolute atomic E-state index is 12.7. The van der Waals surface area contributed by atoms with Crippen LogP contribution in [0.15, 0.2) is 24.5 Å². The van der Waals surface area contributed by atoms with E-state index >= 15 is 0 Å². The normalized spacial score (nSPS) is 17.1. The van der Waals surface area contributed by atoms with Gasteiger partial charge in [0.1, 0.15) is 12.1 Å². The van der Waals surface area contributed by atoms with Gasteiger partial charge in [0.2, 0.25) is 5.91 Å². The zero-order valence-electron chi connectivity index (χ0n) is 15.0. The Morgan fingerprint density at radius 2 is 1.84 bits per heavy atom. The van der Waals surface area contributed by atoms with Gasteiger partial charge in [0.25, 0.3) is 0 Å². The summed E-state index contributed by atoms with van der Waals surface area (Å²) >= 11 is 0. The summed E-state index contributed by atoms with van der Waals surface area (Å²) < 4.78 is 0. The number of aromatic nitrogens is 2. The first-order valence-electron chi connectivity index (χ1n) is 9.03. The van der Waals surface area contributed by atoms with Gasteiger partial charge < -0.3 is 9.80 Å². The molecule has 2 heterocycles. The molecule has 1 aromatic carbocycles. The average Bonchev–Trinajstić information content (AvgIpc) is 3.04. The minimum Gasteiger partial charge on any atom is -0.345 e. The topological polar surface area (TPSA) is 49.3 Å². The van der Waals surface area contributed by atoms with Crippen molar-refractivity contribution in [1.82, 2.24) is 14.9 Å². The smallest absolute Gasteiger partial charge is 0.242 e. The van der Waals surface area contributed by atoms with E-state index in [1.54, 1.807) is 6.33 Å². The number of piperazine rings is 1. The number of carbonyl (C=O) groups excluding carboxylic acids is 1.